The predicted molar refractivity (Wildman–Crippen MR) is 88.0 cm³/mol. The van der Waals surface area contributed by atoms with Gasteiger partial charge in [-0.15, -0.1) is 0 Å². The van der Waals surface area contributed by atoms with Crippen LogP contribution in [0, 0.1) is 5.92 Å². The molecule has 5 nitrogen and oxygen atoms in total. The number of nitrogens with zero attached hydrogens (tertiary/aromatic N) is 1. The molecule has 1 aliphatic carbocycles. The first-order chi connectivity index (χ1) is 11.3. The number of ether oxygens (including phenoxy) is 1. The Balaban J connectivity index is 1.30. The van der Waals surface area contributed by atoms with Crippen molar-refractivity contribution in [3.05, 3.63) is 42.1 Å². The van der Waals surface area contributed by atoms with Gasteiger partial charge >= 0.3 is 6.03 Å². The van der Waals surface area contributed by atoms with Crippen molar-refractivity contribution in [2.24, 2.45) is 5.92 Å². The highest BCUT2D eigenvalue weighted by Crippen LogP contribution is 2.37. The lowest BCUT2D eigenvalue weighted by molar-refractivity contribution is -0.0999. The molecule has 0 spiro atoms. The number of carbonyl (C=O) groups is 1. The van der Waals surface area contributed by atoms with Gasteiger partial charge < -0.3 is 15.4 Å². The van der Waals surface area contributed by atoms with Crippen LogP contribution in [0.4, 0.5) is 4.79 Å². The summed E-state index contributed by atoms with van der Waals surface area (Å²) < 4.78 is 5.68. The zero-order valence-electron chi connectivity index (χ0n) is 13.0. The van der Waals surface area contributed by atoms with Gasteiger partial charge in [-0.3, -0.25) is 4.98 Å². The number of aromatic nitrogens is 1. The Morgan fingerprint density at radius 1 is 1.35 bits per heavy atom. The van der Waals surface area contributed by atoms with Crippen molar-refractivity contribution >= 4 is 16.9 Å². The molecule has 1 aliphatic heterocycles. The molecular weight excluding hydrogens is 290 g/mol. The molecule has 120 valence electrons. The molecule has 1 saturated carbocycles. The molecule has 2 aliphatic rings. The van der Waals surface area contributed by atoms with Crippen LogP contribution in [0.15, 0.2) is 36.5 Å². The number of rotatable bonds is 3. The summed E-state index contributed by atoms with van der Waals surface area (Å²) in [6, 6.07) is 10.2. The molecule has 0 bridgehead atoms. The summed E-state index contributed by atoms with van der Waals surface area (Å²) in [5.74, 6) is 0.501. The summed E-state index contributed by atoms with van der Waals surface area (Å²) in [5.41, 5.74) is 2.05. The van der Waals surface area contributed by atoms with Gasteiger partial charge in [-0.05, 0) is 43.0 Å². The van der Waals surface area contributed by atoms with Gasteiger partial charge in [0.25, 0.3) is 0 Å². The fourth-order valence-corrected chi connectivity index (χ4v) is 3.60. The van der Waals surface area contributed by atoms with E-state index in [0.29, 0.717) is 18.6 Å². The lowest BCUT2D eigenvalue weighted by atomic mass is 9.72. The van der Waals surface area contributed by atoms with E-state index >= 15 is 0 Å². The summed E-state index contributed by atoms with van der Waals surface area (Å²) in [4.78, 5) is 16.4. The van der Waals surface area contributed by atoms with Crippen molar-refractivity contribution in [1.29, 1.82) is 0 Å². The molecule has 2 N–H and O–H groups in total. The Bertz CT molecular complexity index is 718. The lowest BCUT2D eigenvalue weighted by Crippen LogP contribution is -2.59. The maximum atomic E-state index is 12.1. The number of urea groups is 1. The molecule has 1 aromatic heterocycles. The van der Waals surface area contributed by atoms with Gasteiger partial charge in [0.1, 0.15) is 0 Å². The second-order valence-corrected chi connectivity index (χ2v) is 6.41. The van der Waals surface area contributed by atoms with Crippen molar-refractivity contribution < 1.29 is 9.53 Å². The summed E-state index contributed by atoms with van der Waals surface area (Å²) in [7, 11) is 0. The lowest BCUT2D eigenvalue weighted by Gasteiger charge is -2.47. The molecule has 1 saturated heterocycles. The summed E-state index contributed by atoms with van der Waals surface area (Å²) in [6.45, 7) is 1.39. The molecule has 0 unspecified atom stereocenters. The number of pyridine rings is 1. The van der Waals surface area contributed by atoms with Gasteiger partial charge in [-0.2, -0.15) is 0 Å². The minimum atomic E-state index is -0.0923. The number of carbonyl (C=O) groups excluding carboxylic acids is 1. The van der Waals surface area contributed by atoms with Crippen molar-refractivity contribution in [2.75, 3.05) is 6.61 Å². The normalized spacial score (nSPS) is 26.2. The second-order valence-electron chi connectivity index (χ2n) is 6.41. The van der Waals surface area contributed by atoms with E-state index < -0.39 is 0 Å². The maximum absolute atomic E-state index is 12.1. The van der Waals surface area contributed by atoms with Crippen molar-refractivity contribution in [3.63, 3.8) is 0 Å². The minimum Gasteiger partial charge on any atom is -0.378 e. The van der Waals surface area contributed by atoms with Crippen molar-refractivity contribution in [2.45, 2.75) is 38.0 Å². The fraction of sp³-hybridized carbons (Fsp3) is 0.444. The number of amides is 2. The number of nitrogens with one attached hydrogen (secondary N) is 2. The van der Waals surface area contributed by atoms with E-state index in [1.54, 1.807) is 6.20 Å². The third-order valence-corrected chi connectivity index (χ3v) is 4.93. The number of hydrogen-bond acceptors (Lipinski definition) is 3. The smallest absolute Gasteiger partial charge is 0.315 e. The second kappa shape index (κ2) is 6.16. The van der Waals surface area contributed by atoms with E-state index in [0.717, 1.165) is 42.3 Å². The highest BCUT2D eigenvalue weighted by Gasteiger charge is 2.43. The van der Waals surface area contributed by atoms with Crippen LogP contribution in [0.3, 0.4) is 0 Å². The van der Waals surface area contributed by atoms with E-state index in [2.05, 4.69) is 21.7 Å². The van der Waals surface area contributed by atoms with Crippen LogP contribution in [0.1, 0.15) is 24.8 Å². The van der Waals surface area contributed by atoms with Crippen LogP contribution < -0.4 is 10.6 Å². The summed E-state index contributed by atoms with van der Waals surface area (Å²) in [6.07, 6.45) is 5.36. The van der Waals surface area contributed by atoms with Crippen LogP contribution in [-0.4, -0.2) is 29.8 Å². The average Bonchev–Trinajstić information content (AvgIpc) is 2.58. The molecule has 5 heteroatoms. The van der Waals surface area contributed by atoms with E-state index in [1.807, 2.05) is 24.3 Å². The highest BCUT2D eigenvalue weighted by molar-refractivity contribution is 5.79. The van der Waals surface area contributed by atoms with E-state index in [-0.39, 0.29) is 12.1 Å². The Hall–Kier alpha value is -2.14. The molecule has 23 heavy (non-hydrogen) atoms. The van der Waals surface area contributed by atoms with E-state index in [4.69, 9.17) is 4.74 Å². The quantitative estimate of drug-likeness (QED) is 0.916. The molecule has 2 amide bonds. The van der Waals surface area contributed by atoms with Gasteiger partial charge in [0.15, 0.2) is 0 Å². The monoisotopic (exact) mass is 311 g/mol. The summed E-state index contributed by atoms with van der Waals surface area (Å²) in [5, 5.41) is 7.12. The molecule has 4 rings (SSSR count). The van der Waals surface area contributed by atoms with E-state index in [1.165, 1.54) is 0 Å². The maximum Gasteiger partial charge on any atom is 0.315 e. The Labute approximate surface area is 135 Å². The highest BCUT2D eigenvalue weighted by atomic mass is 16.5. The topological polar surface area (TPSA) is 63.2 Å². The molecule has 2 aromatic rings. The molecule has 0 radical (unpaired) electrons. The predicted octanol–water partition coefficient (Wildman–Crippen LogP) is 2.60. The zero-order valence-corrected chi connectivity index (χ0v) is 13.0. The third kappa shape index (κ3) is 3.01. The summed E-state index contributed by atoms with van der Waals surface area (Å²) >= 11 is 0. The molecule has 3 atom stereocenters. The first kappa shape index (κ1) is 14.5. The van der Waals surface area contributed by atoms with Crippen LogP contribution in [0.2, 0.25) is 0 Å². The van der Waals surface area contributed by atoms with Crippen LogP contribution >= 0.6 is 0 Å². The zero-order chi connectivity index (χ0) is 15.6. The largest absolute Gasteiger partial charge is 0.378 e. The standard InChI is InChI=1S/C18H21N3O2/c22-18(21-16-10-17-14(16)4-2-8-23-17)20-11-12-5-6-15-13(9-12)3-1-7-19-15/h1,3,5-7,9,14,16-17H,2,4,8,10-11H2,(H2,20,21,22)/t14-,16+,17-/m0/s1. The van der Waals surface area contributed by atoms with Crippen LogP contribution in [-0.2, 0) is 11.3 Å². The van der Waals surface area contributed by atoms with Crippen LogP contribution in [0.5, 0.6) is 0 Å². The minimum absolute atomic E-state index is 0.0923. The van der Waals surface area contributed by atoms with Crippen molar-refractivity contribution in [3.8, 4) is 0 Å². The van der Waals surface area contributed by atoms with Gasteiger partial charge in [0.2, 0.25) is 0 Å². The molecule has 2 heterocycles. The van der Waals surface area contributed by atoms with Gasteiger partial charge in [-0.1, -0.05) is 12.1 Å². The Morgan fingerprint density at radius 3 is 3.22 bits per heavy atom. The molecule has 1 aromatic carbocycles. The van der Waals surface area contributed by atoms with Crippen LogP contribution in [0.25, 0.3) is 10.9 Å². The van der Waals surface area contributed by atoms with E-state index in [9.17, 15) is 4.79 Å². The number of hydrogen-bond donors (Lipinski definition) is 2. The molecule has 2 fully saturated rings. The Morgan fingerprint density at radius 2 is 2.30 bits per heavy atom. The average molecular weight is 311 g/mol. The Kier molecular flexibility index (Phi) is 3.87. The fourth-order valence-electron chi connectivity index (χ4n) is 3.60. The number of fused-ring (bicyclic) bond motifs is 2. The SMILES string of the molecule is O=C(NCc1ccc2ncccc2c1)N[C@@H]1C[C@@H]2OCCC[C@H]21. The van der Waals surface area contributed by atoms with Gasteiger partial charge in [-0.25, -0.2) is 4.79 Å². The first-order valence-corrected chi connectivity index (χ1v) is 8.29. The first-order valence-electron chi connectivity index (χ1n) is 8.29. The third-order valence-electron chi connectivity index (χ3n) is 4.93. The molecular formula is C18H21N3O2. The van der Waals surface area contributed by atoms with Crippen molar-refractivity contribution in [1.82, 2.24) is 15.6 Å². The van der Waals surface area contributed by atoms with Gasteiger partial charge in [0.05, 0.1) is 11.6 Å². The van der Waals surface area contributed by atoms with Gasteiger partial charge in [0, 0.05) is 36.7 Å². The number of benzene rings is 1.